The molecule has 21 heavy (non-hydrogen) atoms. The van der Waals surface area contributed by atoms with Crippen LogP contribution >= 0.6 is 0 Å². The Morgan fingerprint density at radius 3 is 2.43 bits per heavy atom. The second-order valence-corrected chi connectivity index (χ2v) is 5.93. The van der Waals surface area contributed by atoms with Crippen molar-refractivity contribution in [2.24, 2.45) is 0 Å². The van der Waals surface area contributed by atoms with Crippen LogP contribution in [0.2, 0.25) is 0 Å². The number of likely N-dealkylation sites (N-methyl/N-ethyl adjacent to an activating group) is 1. The molecule has 2 nitrogen and oxygen atoms in total. The van der Waals surface area contributed by atoms with Gasteiger partial charge in [0.2, 0.25) is 0 Å². The molecule has 0 bridgehead atoms. The molecular weight excluding hydrogens is 256 g/mol. The molecule has 1 atom stereocenters. The van der Waals surface area contributed by atoms with Crippen LogP contribution in [0.5, 0.6) is 0 Å². The number of hydrogen-bond donors (Lipinski definition) is 1. The summed E-state index contributed by atoms with van der Waals surface area (Å²) in [6.07, 6.45) is 2.60. The Morgan fingerprint density at radius 1 is 1.00 bits per heavy atom. The van der Waals surface area contributed by atoms with E-state index < -0.39 is 0 Å². The Labute approximate surface area is 127 Å². The summed E-state index contributed by atoms with van der Waals surface area (Å²) in [7, 11) is 2.07. The van der Waals surface area contributed by atoms with Crippen LogP contribution in [0.25, 0.3) is 11.1 Å². The molecule has 1 aliphatic heterocycles. The smallest absolute Gasteiger partial charge is 0.0234 e. The van der Waals surface area contributed by atoms with Gasteiger partial charge >= 0.3 is 0 Å². The molecule has 1 saturated heterocycles. The zero-order valence-electron chi connectivity index (χ0n) is 12.8. The zero-order valence-corrected chi connectivity index (χ0v) is 12.8. The average molecular weight is 280 g/mol. The Bertz CT molecular complexity index is 548. The summed E-state index contributed by atoms with van der Waals surface area (Å²) in [5.74, 6) is 0. The molecule has 1 fully saturated rings. The number of likely N-dealkylation sites (tertiary alicyclic amines) is 1. The van der Waals surface area contributed by atoms with Crippen LogP contribution < -0.4 is 5.32 Å². The van der Waals surface area contributed by atoms with Gasteiger partial charge in [0.15, 0.2) is 0 Å². The number of piperidine rings is 1. The molecular formula is C19H24N2. The summed E-state index contributed by atoms with van der Waals surface area (Å²) in [6, 6.07) is 20.2. The molecule has 2 heteroatoms. The highest BCUT2D eigenvalue weighted by Gasteiger charge is 2.18. The van der Waals surface area contributed by atoms with Crippen molar-refractivity contribution >= 4 is 0 Å². The van der Waals surface area contributed by atoms with Crippen molar-refractivity contribution in [1.29, 1.82) is 0 Å². The molecule has 1 heterocycles. The molecule has 1 unspecified atom stereocenters. The molecule has 1 N–H and O–H groups in total. The third kappa shape index (κ3) is 3.72. The van der Waals surface area contributed by atoms with E-state index in [0.29, 0.717) is 6.04 Å². The Kier molecular flexibility index (Phi) is 4.69. The molecule has 0 aliphatic carbocycles. The van der Waals surface area contributed by atoms with Crippen LogP contribution in [0, 0.1) is 0 Å². The summed E-state index contributed by atoms with van der Waals surface area (Å²) >= 11 is 0. The van der Waals surface area contributed by atoms with Crippen LogP contribution in [0.4, 0.5) is 0 Å². The summed E-state index contributed by atoms with van der Waals surface area (Å²) < 4.78 is 0. The molecule has 2 aromatic rings. The molecule has 2 aromatic carbocycles. The minimum Gasteiger partial charge on any atom is -0.316 e. The van der Waals surface area contributed by atoms with Gasteiger partial charge in [-0.25, -0.2) is 0 Å². The third-order valence-corrected chi connectivity index (χ3v) is 4.38. The van der Waals surface area contributed by atoms with Crippen LogP contribution in [0.3, 0.4) is 0 Å². The maximum Gasteiger partial charge on any atom is 0.0234 e. The van der Waals surface area contributed by atoms with E-state index in [1.165, 1.54) is 36.1 Å². The normalized spacial score (nSPS) is 19.6. The second kappa shape index (κ2) is 6.88. The highest BCUT2D eigenvalue weighted by atomic mass is 15.2. The topological polar surface area (TPSA) is 15.3 Å². The quantitative estimate of drug-likeness (QED) is 0.921. The Hall–Kier alpha value is -1.64. The minimum absolute atomic E-state index is 0.655. The first-order valence-corrected chi connectivity index (χ1v) is 7.89. The Balaban J connectivity index is 1.65. The van der Waals surface area contributed by atoms with Crippen LogP contribution in [0.1, 0.15) is 18.4 Å². The van der Waals surface area contributed by atoms with Crippen LogP contribution in [-0.2, 0) is 6.54 Å². The van der Waals surface area contributed by atoms with Gasteiger partial charge in [0.25, 0.3) is 0 Å². The predicted molar refractivity (Wildman–Crippen MR) is 89.2 cm³/mol. The van der Waals surface area contributed by atoms with E-state index in [0.717, 1.165) is 13.1 Å². The van der Waals surface area contributed by atoms with Gasteiger partial charge in [-0.05, 0) is 43.1 Å². The van der Waals surface area contributed by atoms with Crippen molar-refractivity contribution in [3.63, 3.8) is 0 Å². The average Bonchev–Trinajstić information content (AvgIpc) is 2.56. The summed E-state index contributed by atoms with van der Waals surface area (Å²) in [6.45, 7) is 3.45. The van der Waals surface area contributed by atoms with Crippen LogP contribution in [0.15, 0.2) is 54.6 Å². The van der Waals surface area contributed by atoms with E-state index in [-0.39, 0.29) is 0 Å². The summed E-state index contributed by atoms with van der Waals surface area (Å²) in [5.41, 5.74) is 4.00. The van der Waals surface area contributed by atoms with Gasteiger partial charge in [0.05, 0.1) is 0 Å². The second-order valence-electron chi connectivity index (χ2n) is 5.93. The van der Waals surface area contributed by atoms with Crippen molar-refractivity contribution in [2.45, 2.75) is 25.4 Å². The van der Waals surface area contributed by atoms with Gasteiger partial charge in [0, 0.05) is 19.1 Å². The first-order chi connectivity index (χ1) is 10.3. The molecule has 0 radical (unpaired) electrons. The van der Waals surface area contributed by atoms with E-state index in [1.54, 1.807) is 0 Å². The highest BCUT2D eigenvalue weighted by Crippen LogP contribution is 2.20. The van der Waals surface area contributed by atoms with Gasteiger partial charge in [0.1, 0.15) is 0 Å². The van der Waals surface area contributed by atoms with Crippen molar-refractivity contribution in [3.05, 3.63) is 60.2 Å². The molecule has 0 aromatic heterocycles. The molecule has 0 saturated carbocycles. The fraction of sp³-hybridized carbons (Fsp3) is 0.368. The van der Waals surface area contributed by atoms with E-state index >= 15 is 0 Å². The molecule has 1 aliphatic rings. The van der Waals surface area contributed by atoms with Gasteiger partial charge in [-0.2, -0.15) is 0 Å². The van der Waals surface area contributed by atoms with E-state index in [4.69, 9.17) is 0 Å². The lowest BCUT2D eigenvalue weighted by molar-refractivity contribution is 0.188. The standard InChI is InChI=1S/C19H24N2/c1-20-19-8-5-13-21(15-19)14-16-9-11-18(12-10-16)17-6-3-2-4-7-17/h2-4,6-7,9-12,19-20H,5,8,13-15H2,1H3. The number of benzene rings is 2. The van der Waals surface area contributed by atoms with E-state index in [2.05, 4.69) is 71.9 Å². The summed E-state index contributed by atoms with van der Waals surface area (Å²) in [5, 5.41) is 3.41. The monoisotopic (exact) mass is 280 g/mol. The van der Waals surface area contributed by atoms with E-state index in [1.807, 2.05) is 0 Å². The first-order valence-electron chi connectivity index (χ1n) is 7.89. The maximum absolute atomic E-state index is 3.41. The van der Waals surface area contributed by atoms with Gasteiger partial charge in [-0.3, -0.25) is 4.90 Å². The number of nitrogens with zero attached hydrogens (tertiary/aromatic N) is 1. The van der Waals surface area contributed by atoms with Crippen LogP contribution in [-0.4, -0.2) is 31.1 Å². The molecule has 3 rings (SSSR count). The van der Waals surface area contributed by atoms with Crippen molar-refractivity contribution in [3.8, 4) is 11.1 Å². The molecule has 110 valence electrons. The van der Waals surface area contributed by atoms with Gasteiger partial charge in [-0.15, -0.1) is 0 Å². The van der Waals surface area contributed by atoms with Gasteiger partial charge < -0.3 is 5.32 Å². The lowest BCUT2D eigenvalue weighted by Crippen LogP contribution is -2.43. The van der Waals surface area contributed by atoms with Crippen molar-refractivity contribution < 1.29 is 0 Å². The van der Waals surface area contributed by atoms with Crippen molar-refractivity contribution in [2.75, 3.05) is 20.1 Å². The zero-order chi connectivity index (χ0) is 14.5. The number of rotatable bonds is 4. The van der Waals surface area contributed by atoms with Crippen molar-refractivity contribution in [1.82, 2.24) is 10.2 Å². The summed E-state index contributed by atoms with van der Waals surface area (Å²) in [4.78, 5) is 2.56. The SMILES string of the molecule is CNC1CCCN(Cc2ccc(-c3ccccc3)cc2)C1. The fourth-order valence-corrected chi connectivity index (χ4v) is 3.13. The molecule has 0 amide bonds. The number of hydrogen-bond acceptors (Lipinski definition) is 2. The van der Waals surface area contributed by atoms with E-state index in [9.17, 15) is 0 Å². The largest absolute Gasteiger partial charge is 0.316 e. The lowest BCUT2D eigenvalue weighted by atomic mass is 10.0. The molecule has 0 spiro atoms. The van der Waals surface area contributed by atoms with Gasteiger partial charge in [-0.1, -0.05) is 54.6 Å². The first kappa shape index (κ1) is 14.3. The third-order valence-electron chi connectivity index (χ3n) is 4.38. The lowest BCUT2D eigenvalue weighted by Gasteiger charge is -2.32. The minimum atomic E-state index is 0.655. The highest BCUT2D eigenvalue weighted by molar-refractivity contribution is 5.63. The number of nitrogens with one attached hydrogen (secondary N) is 1. The Morgan fingerprint density at radius 2 is 1.71 bits per heavy atom. The predicted octanol–water partition coefficient (Wildman–Crippen LogP) is 3.54. The maximum atomic E-state index is 3.41. The fourth-order valence-electron chi connectivity index (χ4n) is 3.13.